The lowest BCUT2D eigenvalue weighted by Crippen LogP contribution is -2.57. The van der Waals surface area contributed by atoms with Crippen molar-refractivity contribution in [3.63, 3.8) is 0 Å². The predicted molar refractivity (Wildman–Crippen MR) is 71.1 cm³/mol. The SMILES string of the molecule is C=C(CC)CC(O)C(C)(CC)N1CCOCC1. The minimum Gasteiger partial charge on any atom is -0.391 e. The third kappa shape index (κ3) is 3.54. The Kier molecular flexibility index (Phi) is 5.63. The van der Waals surface area contributed by atoms with Gasteiger partial charge in [0.15, 0.2) is 0 Å². The fraction of sp³-hybridized carbons (Fsp3) is 0.857. The Morgan fingerprint density at radius 1 is 1.41 bits per heavy atom. The van der Waals surface area contributed by atoms with Gasteiger partial charge in [0.1, 0.15) is 0 Å². The van der Waals surface area contributed by atoms with Gasteiger partial charge in [0.25, 0.3) is 0 Å². The van der Waals surface area contributed by atoms with Gasteiger partial charge in [-0.05, 0) is 26.2 Å². The molecule has 1 N–H and O–H groups in total. The zero-order valence-corrected chi connectivity index (χ0v) is 11.5. The van der Waals surface area contributed by atoms with Gasteiger partial charge in [-0.1, -0.05) is 26.0 Å². The highest BCUT2D eigenvalue weighted by Crippen LogP contribution is 2.28. The van der Waals surface area contributed by atoms with Gasteiger partial charge in [-0.15, -0.1) is 0 Å². The Morgan fingerprint density at radius 3 is 2.47 bits per heavy atom. The number of aliphatic hydroxyl groups excluding tert-OH is 1. The summed E-state index contributed by atoms with van der Waals surface area (Å²) in [7, 11) is 0. The summed E-state index contributed by atoms with van der Waals surface area (Å²) < 4.78 is 5.38. The first kappa shape index (κ1) is 14.7. The molecule has 1 rings (SSSR count). The molecular weight excluding hydrogens is 214 g/mol. The quantitative estimate of drug-likeness (QED) is 0.724. The molecule has 0 aromatic heterocycles. The molecule has 1 aliphatic heterocycles. The van der Waals surface area contributed by atoms with Gasteiger partial charge in [-0.2, -0.15) is 0 Å². The van der Waals surface area contributed by atoms with Crippen molar-refractivity contribution >= 4 is 0 Å². The van der Waals surface area contributed by atoms with Crippen LogP contribution in [0, 0.1) is 0 Å². The highest BCUT2D eigenvalue weighted by atomic mass is 16.5. The van der Waals surface area contributed by atoms with E-state index in [1.165, 1.54) is 0 Å². The van der Waals surface area contributed by atoms with Crippen molar-refractivity contribution in [3.8, 4) is 0 Å². The Morgan fingerprint density at radius 2 is 2.00 bits per heavy atom. The molecule has 100 valence electrons. The molecule has 0 amide bonds. The van der Waals surface area contributed by atoms with Crippen LogP contribution in [0.4, 0.5) is 0 Å². The molecule has 2 atom stereocenters. The summed E-state index contributed by atoms with van der Waals surface area (Å²) in [5.41, 5.74) is 0.979. The van der Waals surface area contributed by atoms with Crippen molar-refractivity contribution in [2.45, 2.75) is 51.7 Å². The first-order valence-corrected chi connectivity index (χ1v) is 6.72. The maximum Gasteiger partial charge on any atom is 0.0757 e. The van der Waals surface area contributed by atoms with Crippen molar-refractivity contribution in [1.82, 2.24) is 4.90 Å². The van der Waals surface area contributed by atoms with E-state index in [1.807, 2.05) is 0 Å². The summed E-state index contributed by atoms with van der Waals surface area (Å²) in [5.74, 6) is 0. The van der Waals surface area contributed by atoms with E-state index in [-0.39, 0.29) is 11.6 Å². The number of nitrogens with zero attached hydrogens (tertiary/aromatic N) is 1. The molecule has 1 heterocycles. The molecule has 3 heteroatoms. The second kappa shape index (κ2) is 6.53. The van der Waals surface area contributed by atoms with Crippen LogP contribution in [-0.2, 0) is 4.74 Å². The molecule has 1 saturated heterocycles. The number of aliphatic hydroxyl groups is 1. The van der Waals surface area contributed by atoms with E-state index in [4.69, 9.17) is 4.74 Å². The van der Waals surface area contributed by atoms with E-state index >= 15 is 0 Å². The van der Waals surface area contributed by atoms with Crippen LogP contribution in [0.2, 0.25) is 0 Å². The van der Waals surface area contributed by atoms with Crippen LogP contribution < -0.4 is 0 Å². The van der Waals surface area contributed by atoms with E-state index in [1.54, 1.807) is 0 Å². The first-order chi connectivity index (χ1) is 8.04. The van der Waals surface area contributed by atoms with Crippen LogP contribution in [0.3, 0.4) is 0 Å². The van der Waals surface area contributed by atoms with Crippen LogP contribution in [0.1, 0.15) is 40.0 Å². The minimum absolute atomic E-state index is 0.151. The number of morpholine rings is 1. The van der Waals surface area contributed by atoms with Crippen LogP contribution in [-0.4, -0.2) is 48.0 Å². The third-order valence-electron chi connectivity index (χ3n) is 4.15. The highest BCUT2D eigenvalue weighted by Gasteiger charge is 2.37. The number of rotatable bonds is 6. The second-order valence-corrected chi connectivity index (χ2v) is 5.13. The first-order valence-electron chi connectivity index (χ1n) is 6.72. The van der Waals surface area contributed by atoms with E-state index in [0.29, 0.717) is 6.42 Å². The van der Waals surface area contributed by atoms with Gasteiger partial charge in [0.05, 0.1) is 19.3 Å². The average Bonchev–Trinajstić information content (AvgIpc) is 2.38. The molecule has 0 radical (unpaired) electrons. The lowest BCUT2D eigenvalue weighted by Gasteiger charge is -2.46. The van der Waals surface area contributed by atoms with Crippen LogP contribution >= 0.6 is 0 Å². The summed E-state index contributed by atoms with van der Waals surface area (Å²) in [6.07, 6.45) is 2.27. The molecule has 0 spiro atoms. The van der Waals surface area contributed by atoms with Gasteiger partial charge < -0.3 is 9.84 Å². The highest BCUT2D eigenvalue weighted by molar-refractivity contribution is 5.02. The largest absolute Gasteiger partial charge is 0.391 e. The smallest absolute Gasteiger partial charge is 0.0757 e. The molecule has 0 saturated carbocycles. The summed E-state index contributed by atoms with van der Waals surface area (Å²) in [6, 6.07) is 0. The van der Waals surface area contributed by atoms with Gasteiger partial charge in [-0.3, -0.25) is 4.90 Å². The second-order valence-electron chi connectivity index (χ2n) is 5.13. The summed E-state index contributed by atoms with van der Waals surface area (Å²) >= 11 is 0. The fourth-order valence-electron chi connectivity index (χ4n) is 2.38. The molecule has 0 aromatic rings. The Balaban J connectivity index is 2.67. The molecular formula is C14H27NO2. The molecule has 0 bridgehead atoms. The molecule has 3 nitrogen and oxygen atoms in total. The van der Waals surface area contributed by atoms with Crippen molar-refractivity contribution in [2.24, 2.45) is 0 Å². The molecule has 0 aromatic carbocycles. The van der Waals surface area contributed by atoms with E-state index in [9.17, 15) is 5.11 Å². The lowest BCUT2D eigenvalue weighted by atomic mass is 9.85. The van der Waals surface area contributed by atoms with E-state index < -0.39 is 0 Å². The Labute approximate surface area is 105 Å². The Hall–Kier alpha value is -0.380. The molecule has 2 unspecified atom stereocenters. The zero-order chi connectivity index (χ0) is 12.9. The fourth-order valence-corrected chi connectivity index (χ4v) is 2.38. The molecule has 0 aliphatic carbocycles. The Bertz CT molecular complexity index is 249. The standard InChI is InChI=1S/C14H27NO2/c1-5-12(3)11-13(16)14(4,6-2)15-7-9-17-10-8-15/h13,16H,3,5-11H2,1-2,4H3. The summed E-state index contributed by atoms with van der Waals surface area (Å²) in [4.78, 5) is 2.37. The zero-order valence-electron chi connectivity index (χ0n) is 11.5. The van der Waals surface area contributed by atoms with Crippen LogP contribution in [0.5, 0.6) is 0 Å². The maximum atomic E-state index is 10.5. The lowest BCUT2D eigenvalue weighted by molar-refractivity contribution is -0.0715. The number of ether oxygens (including phenoxy) is 1. The summed E-state index contributed by atoms with van der Waals surface area (Å²) in [5, 5.41) is 10.5. The molecule has 17 heavy (non-hydrogen) atoms. The van der Waals surface area contributed by atoms with E-state index in [0.717, 1.165) is 44.7 Å². The van der Waals surface area contributed by atoms with Crippen LogP contribution in [0.25, 0.3) is 0 Å². The molecule has 1 aliphatic rings. The van der Waals surface area contributed by atoms with Gasteiger partial charge in [0, 0.05) is 18.6 Å². The monoisotopic (exact) mass is 241 g/mol. The van der Waals surface area contributed by atoms with Crippen molar-refractivity contribution in [2.75, 3.05) is 26.3 Å². The van der Waals surface area contributed by atoms with Gasteiger partial charge in [-0.25, -0.2) is 0 Å². The maximum absolute atomic E-state index is 10.5. The normalized spacial score (nSPS) is 23.1. The van der Waals surface area contributed by atoms with Crippen LogP contribution in [0.15, 0.2) is 12.2 Å². The third-order valence-corrected chi connectivity index (χ3v) is 4.15. The predicted octanol–water partition coefficient (Wildman–Crippen LogP) is 2.20. The van der Waals surface area contributed by atoms with E-state index in [2.05, 4.69) is 32.3 Å². The summed E-state index contributed by atoms with van der Waals surface area (Å²) in [6.45, 7) is 13.8. The van der Waals surface area contributed by atoms with Crippen molar-refractivity contribution in [1.29, 1.82) is 0 Å². The van der Waals surface area contributed by atoms with Crippen molar-refractivity contribution < 1.29 is 9.84 Å². The molecule has 1 fully saturated rings. The van der Waals surface area contributed by atoms with Gasteiger partial charge in [0.2, 0.25) is 0 Å². The van der Waals surface area contributed by atoms with Gasteiger partial charge >= 0.3 is 0 Å². The topological polar surface area (TPSA) is 32.7 Å². The van der Waals surface area contributed by atoms with Crippen molar-refractivity contribution in [3.05, 3.63) is 12.2 Å². The number of hydrogen-bond donors (Lipinski definition) is 1. The number of hydrogen-bond acceptors (Lipinski definition) is 3. The minimum atomic E-state index is -0.335. The average molecular weight is 241 g/mol.